The zero-order valence-electron chi connectivity index (χ0n) is 11.8. The summed E-state index contributed by atoms with van der Waals surface area (Å²) in [5.74, 6) is 1.37. The molecule has 3 aromatic rings. The van der Waals surface area contributed by atoms with Crippen LogP contribution < -0.4 is 10.2 Å². The molecule has 0 aliphatic rings. The Morgan fingerprint density at radius 3 is 2.50 bits per heavy atom. The van der Waals surface area contributed by atoms with E-state index in [4.69, 9.17) is 16.3 Å². The summed E-state index contributed by atoms with van der Waals surface area (Å²) >= 11 is 6.04. The topological polar surface area (TPSA) is 59.4 Å². The minimum absolute atomic E-state index is 0.375. The third-order valence-electron chi connectivity index (χ3n) is 3.14. The molecule has 3 rings (SSSR count). The summed E-state index contributed by atoms with van der Waals surface area (Å²) in [6.45, 7) is 0. The quantitative estimate of drug-likeness (QED) is 0.589. The molecule has 0 radical (unpaired) electrons. The van der Waals surface area contributed by atoms with Gasteiger partial charge in [-0.1, -0.05) is 35.9 Å². The highest BCUT2D eigenvalue weighted by molar-refractivity contribution is 6.34. The summed E-state index contributed by atoms with van der Waals surface area (Å²) in [6, 6.07) is 15.2. The molecule has 1 heterocycles. The Hall–Kier alpha value is -2.66. The van der Waals surface area contributed by atoms with Crippen LogP contribution in [0.2, 0.25) is 5.15 Å². The van der Waals surface area contributed by atoms with Crippen LogP contribution in [0.15, 0.2) is 53.6 Å². The average molecular weight is 313 g/mol. The lowest BCUT2D eigenvalue weighted by molar-refractivity contribution is 0.415. The molecule has 110 valence electrons. The highest BCUT2D eigenvalue weighted by Crippen LogP contribution is 2.25. The van der Waals surface area contributed by atoms with Crippen LogP contribution in [0.5, 0.6) is 5.75 Å². The van der Waals surface area contributed by atoms with Crippen LogP contribution in [-0.4, -0.2) is 23.5 Å². The number of methoxy groups -OCH3 is 1. The number of rotatable bonds is 4. The first-order valence-electron chi connectivity index (χ1n) is 6.62. The summed E-state index contributed by atoms with van der Waals surface area (Å²) in [5, 5.41) is 14.2. The van der Waals surface area contributed by atoms with Gasteiger partial charge in [-0.2, -0.15) is 5.10 Å². The van der Waals surface area contributed by atoms with Gasteiger partial charge in [-0.3, -0.25) is 5.43 Å². The molecular formula is C16H13ClN4O. The number of benzene rings is 2. The van der Waals surface area contributed by atoms with E-state index >= 15 is 0 Å². The Kier molecular flexibility index (Phi) is 4.16. The molecule has 0 saturated carbocycles. The SMILES string of the molecule is COc1ccc(C=NNc2nnc(Cl)c3ccccc23)cc1. The van der Waals surface area contributed by atoms with Crippen LogP contribution in [-0.2, 0) is 0 Å². The smallest absolute Gasteiger partial charge is 0.176 e. The number of anilines is 1. The Morgan fingerprint density at radius 2 is 1.77 bits per heavy atom. The molecule has 0 bridgehead atoms. The number of halogens is 1. The maximum atomic E-state index is 6.04. The van der Waals surface area contributed by atoms with Crippen molar-refractivity contribution in [3.8, 4) is 5.75 Å². The first kappa shape index (κ1) is 14.3. The molecule has 2 aromatic carbocycles. The van der Waals surface area contributed by atoms with Gasteiger partial charge in [-0.25, -0.2) is 0 Å². The van der Waals surface area contributed by atoms with Crippen LogP contribution in [0.4, 0.5) is 5.82 Å². The van der Waals surface area contributed by atoms with Crippen LogP contribution in [0.3, 0.4) is 0 Å². The second kappa shape index (κ2) is 6.41. The number of hydrazone groups is 1. The molecule has 0 aliphatic carbocycles. The van der Waals surface area contributed by atoms with E-state index in [1.54, 1.807) is 13.3 Å². The first-order valence-corrected chi connectivity index (χ1v) is 7.00. The van der Waals surface area contributed by atoms with Crippen molar-refractivity contribution in [3.05, 3.63) is 59.2 Å². The summed E-state index contributed by atoms with van der Waals surface area (Å²) in [6.07, 6.45) is 1.70. The zero-order chi connectivity index (χ0) is 15.4. The number of nitrogens with zero attached hydrogens (tertiary/aromatic N) is 3. The largest absolute Gasteiger partial charge is 0.497 e. The predicted molar refractivity (Wildman–Crippen MR) is 88.8 cm³/mol. The fourth-order valence-electron chi connectivity index (χ4n) is 2.01. The molecule has 22 heavy (non-hydrogen) atoms. The number of hydrogen-bond acceptors (Lipinski definition) is 5. The Labute approximate surface area is 132 Å². The first-order chi connectivity index (χ1) is 10.8. The summed E-state index contributed by atoms with van der Waals surface area (Å²) in [5.41, 5.74) is 3.84. The molecule has 0 atom stereocenters. The van der Waals surface area contributed by atoms with Gasteiger partial charge in [0.2, 0.25) is 0 Å². The molecule has 1 N–H and O–H groups in total. The predicted octanol–water partition coefficient (Wildman–Crippen LogP) is 3.74. The highest BCUT2D eigenvalue weighted by Gasteiger charge is 2.05. The molecule has 5 nitrogen and oxygen atoms in total. The molecule has 6 heteroatoms. The Morgan fingerprint density at radius 1 is 1.05 bits per heavy atom. The standard InChI is InChI=1S/C16H13ClN4O/c1-22-12-8-6-11(7-9-12)10-18-20-16-14-5-3-2-4-13(14)15(17)19-21-16/h2-10H,1H3,(H,20,21). The van der Waals surface area contributed by atoms with Gasteiger partial charge in [0.25, 0.3) is 0 Å². The van der Waals surface area contributed by atoms with E-state index in [0.29, 0.717) is 11.0 Å². The van der Waals surface area contributed by atoms with Crippen LogP contribution >= 0.6 is 11.6 Å². The molecule has 0 spiro atoms. The van der Waals surface area contributed by atoms with E-state index < -0.39 is 0 Å². The third kappa shape index (κ3) is 2.99. The summed E-state index contributed by atoms with van der Waals surface area (Å²) < 4.78 is 5.11. The lowest BCUT2D eigenvalue weighted by atomic mass is 10.2. The van der Waals surface area contributed by atoms with Gasteiger partial charge in [0.15, 0.2) is 11.0 Å². The van der Waals surface area contributed by atoms with Crippen molar-refractivity contribution < 1.29 is 4.74 Å². The van der Waals surface area contributed by atoms with Crippen LogP contribution in [0.25, 0.3) is 10.8 Å². The van der Waals surface area contributed by atoms with Crippen molar-refractivity contribution in [2.45, 2.75) is 0 Å². The van der Waals surface area contributed by atoms with Crippen molar-refractivity contribution in [1.82, 2.24) is 10.2 Å². The van der Waals surface area contributed by atoms with E-state index in [1.807, 2.05) is 48.5 Å². The zero-order valence-corrected chi connectivity index (χ0v) is 12.6. The van der Waals surface area contributed by atoms with Crippen molar-refractivity contribution in [3.63, 3.8) is 0 Å². The molecule has 0 aliphatic heterocycles. The molecule has 0 saturated heterocycles. The number of fused-ring (bicyclic) bond motifs is 1. The monoisotopic (exact) mass is 312 g/mol. The normalized spacial score (nSPS) is 11.0. The average Bonchev–Trinajstić information content (AvgIpc) is 2.58. The minimum atomic E-state index is 0.375. The van der Waals surface area contributed by atoms with E-state index in [2.05, 4.69) is 20.7 Å². The van der Waals surface area contributed by atoms with Crippen LogP contribution in [0.1, 0.15) is 5.56 Å². The maximum absolute atomic E-state index is 6.04. The van der Waals surface area contributed by atoms with E-state index in [0.717, 1.165) is 22.1 Å². The molecule has 0 amide bonds. The van der Waals surface area contributed by atoms with E-state index in [9.17, 15) is 0 Å². The van der Waals surface area contributed by atoms with Crippen molar-refractivity contribution in [1.29, 1.82) is 0 Å². The lowest BCUT2D eigenvalue weighted by Crippen LogP contribution is -1.97. The fraction of sp³-hybridized carbons (Fsp3) is 0.0625. The third-order valence-corrected chi connectivity index (χ3v) is 3.42. The molecule has 0 unspecified atom stereocenters. The number of aromatic nitrogens is 2. The molecular weight excluding hydrogens is 300 g/mol. The number of ether oxygens (including phenoxy) is 1. The van der Waals surface area contributed by atoms with Gasteiger partial charge < -0.3 is 4.74 Å². The van der Waals surface area contributed by atoms with Gasteiger partial charge in [0.1, 0.15) is 5.75 Å². The molecule has 0 fully saturated rings. The van der Waals surface area contributed by atoms with Gasteiger partial charge in [-0.15, -0.1) is 10.2 Å². The lowest BCUT2D eigenvalue weighted by Gasteiger charge is -2.04. The van der Waals surface area contributed by atoms with Crippen molar-refractivity contribution in [2.24, 2.45) is 5.10 Å². The number of hydrogen-bond donors (Lipinski definition) is 1. The maximum Gasteiger partial charge on any atom is 0.176 e. The Balaban J connectivity index is 1.81. The van der Waals surface area contributed by atoms with Gasteiger partial charge in [0, 0.05) is 10.8 Å². The van der Waals surface area contributed by atoms with Crippen molar-refractivity contribution >= 4 is 34.4 Å². The van der Waals surface area contributed by atoms with Gasteiger partial charge in [-0.05, 0) is 29.8 Å². The van der Waals surface area contributed by atoms with E-state index in [-0.39, 0.29) is 0 Å². The minimum Gasteiger partial charge on any atom is -0.497 e. The summed E-state index contributed by atoms with van der Waals surface area (Å²) in [4.78, 5) is 0. The van der Waals surface area contributed by atoms with E-state index in [1.165, 1.54) is 0 Å². The summed E-state index contributed by atoms with van der Waals surface area (Å²) in [7, 11) is 1.63. The fourth-order valence-corrected chi connectivity index (χ4v) is 2.21. The van der Waals surface area contributed by atoms with Crippen LogP contribution in [0, 0.1) is 0 Å². The highest BCUT2D eigenvalue weighted by atomic mass is 35.5. The second-order valence-electron chi connectivity index (χ2n) is 4.53. The number of nitrogens with one attached hydrogen (secondary N) is 1. The second-order valence-corrected chi connectivity index (χ2v) is 4.89. The van der Waals surface area contributed by atoms with Crippen molar-refractivity contribution in [2.75, 3.05) is 12.5 Å². The van der Waals surface area contributed by atoms with Gasteiger partial charge >= 0.3 is 0 Å². The molecule has 1 aromatic heterocycles. The Bertz CT molecular complexity index is 818. The van der Waals surface area contributed by atoms with Gasteiger partial charge in [0.05, 0.1) is 13.3 Å².